The van der Waals surface area contributed by atoms with Crippen LogP contribution in [-0.2, 0) is 0 Å². The molecular weight excluding hydrogens is 86.8 g/mol. The van der Waals surface area contributed by atoms with E-state index in [-0.39, 0.29) is 0 Å². The van der Waals surface area contributed by atoms with Crippen LogP contribution < -0.4 is 11.7 Å². The van der Waals surface area contributed by atoms with Gasteiger partial charge in [-0.25, -0.2) is 0 Å². The molecule has 0 amide bonds. The summed E-state index contributed by atoms with van der Waals surface area (Å²) in [5, 5.41) is 21.5. The topological polar surface area (TPSA) is 113 Å². The molecule has 0 aliphatic heterocycles. The van der Waals surface area contributed by atoms with Gasteiger partial charge in [0, 0.05) is 0 Å². The molecule has 38 valence electrons. The molecular formula is H7BN2O3. The van der Waals surface area contributed by atoms with Gasteiger partial charge < -0.3 is 15.1 Å². The van der Waals surface area contributed by atoms with Crippen LogP contribution in [-0.4, -0.2) is 22.4 Å². The van der Waals surface area contributed by atoms with Crippen LogP contribution in [0.3, 0.4) is 0 Å². The van der Waals surface area contributed by atoms with E-state index < -0.39 is 7.32 Å². The average Bonchev–Trinajstić information content (AvgIpc) is 1.41. The molecule has 0 saturated carbocycles. The molecule has 0 aromatic heterocycles. The van der Waals surface area contributed by atoms with E-state index in [0.29, 0.717) is 0 Å². The number of hydrazine groups is 1. The maximum atomic E-state index is 7.17. The molecule has 0 aromatic rings. The molecule has 0 aromatic carbocycles. The lowest BCUT2D eigenvalue weighted by Crippen LogP contribution is -2.07. The zero-order valence-corrected chi connectivity index (χ0v) is 3.07. The third-order valence-corrected chi connectivity index (χ3v) is 0. The minimum absolute atomic E-state index is 2.17. The monoisotopic (exact) mass is 94.1 g/mol. The van der Waals surface area contributed by atoms with Crippen LogP contribution >= 0.6 is 0 Å². The molecule has 5 nitrogen and oxygen atoms in total. The minimum atomic E-state index is -2.17. The first-order chi connectivity index (χ1) is 2.73. The Morgan fingerprint density at radius 1 is 1.00 bits per heavy atom. The lowest BCUT2D eigenvalue weighted by Gasteiger charge is -1.69. The Hall–Kier alpha value is -0.135. The van der Waals surface area contributed by atoms with Gasteiger partial charge in [-0.15, -0.1) is 0 Å². The average molecular weight is 93.9 g/mol. The molecule has 6 heavy (non-hydrogen) atoms. The molecule has 0 fully saturated rings. The van der Waals surface area contributed by atoms with Gasteiger partial charge in [-0.3, -0.25) is 11.7 Å². The van der Waals surface area contributed by atoms with Gasteiger partial charge in [0.1, 0.15) is 0 Å². The van der Waals surface area contributed by atoms with Gasteiger partial charge in [-0.2, -0.15) is 0 Å². The van der Waals surface area contributed by atoms with Crippen LogP contribution in [0.15, 0.2) is 0 Å². The van der Waals surface area contributed by atoms with Crippen molar-refractivity contribution in [1.82, 2.24) is 0 Å². The Kier molecular flexibility index (Phi) is 13.7. The van der Waals surface area contributed by atoms with Gasteiger partial charge >= 0.3 is 7.32 Å². The second-order valence-corrected chi connectivity index (χ2v) is 0.346. The largest absolute Gasteiger partial charge is 0.631 e. The smallest absolute Gasteiger partial charge is 0.402 e. The molecule has 0 spiro atoms. The zero-order chi connectivity index (χ0) is 5.58. The maximum absolute atomic E-state index is 7.17. The predicted octanol–water partition coefficient (Wildman–Crippen LogP) is -3.23. The maximum Gasteiger partial charge on any atom is 0.631 e. The summed E-state index contributed by atoms with van der Waals surface area (Å²) in [5.74, 6) is 8.00. The molecule has 0 rings (SSSR count). The van der Waals surface area contributed by atoms with Gasteiger partial charge in [0.2, 0.25) is 0 Å². The number of rotatable bonds is 0. The van der Waals surface area contributed by atoms with Crippen LogP contribution in [0.1, 0.15) is 0 Å². The van der Waals surface area contributed by atoms with Crippen molar-refractivity contribution >= 4 is 7.32 Å². The summed E-state index contributed by atoms with van der Waals surface area (Å²) in [4.78, 5) is 0. The third kappa shape index (κ3) is 1740. The highest BCUT2D eigenvalue weighted by molar-refractivity contribution is 6.30. The van der Waals surface area contributed by atoms with Crippen molar-refractivity contribution in [3.8, 4) is 0 Å². The Bertz CT molecular complexity index is 13.5. The van der Waals surface area contributed by atoms with E-state index in [1.807, 2.05) is 0 Å². The van der Waals surface area contributed by atoms with Gasteiger partial charge in [0.15, 0.2) is 0 Å². The summed E-state index contributed by atoms with van der Waals surface area (Å²) in [6.45, 7) is 0. The highest BCUT2D eigenvalue weighted by Gasteiger charge is 1.92. The normalized spacial score (nSPS) is 5.50. The highest BCUT2D eigenvalue weighted by atomic mass is 16.5. The van der Waals surface area contributed by atoms with E-state index in [4.69, 9.17) is 15.1 Å². The predicted molar refractivity (Wildman–Crippen MR) is 20.8 cm³/mol. The first-order valence-corrected chi connectivity index (χ1v) is 1.11. The Morgan fingerprint density at radius 3 is 1.00 bits per heavy atom. The van der Waals surface area contributed by atoms with Gasteiger partial charge in [0.05, 0.1) is 0 Å². The summed E-state index contributed by atoms with van der Waals surface area (Å²) in [7, 11) is -2.17. The molecule has 0 aliphatic rings. The summed E-state index contributed by atoms with van der Waals surface area (Å²) in [6.07, 6.45) is 0. The van der Waals surface area contributed by atoms with Crippen molar-refractivity contribution in [3.05, 3.63) is 0 Å². The zero-order valence-electron chi connectivity index (χ0n) is 3.07. The van der Waals surface area contributed by atoms with E-state index in [1.165, 1.54) is 0 Å². The second-order valence-electron chi connectivity index (χ2n) is 0.346. The number of nitrogens with two attached hydrogens (primary N) is 2. The molecule has 0 bridgehead atoms. The second kappa shape index (κ2) is 8.85. The van der Waals surface area contributed by atoms with Gasteiger partial charge in [0.25, 0.3) is 0 Å². The third-order valence-electron chi connectivity index (χ3n) is 0. The molecule has 6 heteroatoms. The van der Waals surface area contributed by atoms with E-state index in [2.05, 4.69) is 11.7 Å². The quantitative estimate of drug-likeness (QED) is 0.123. The van der Waals surface area contributed by atoms with Gasteiger partial charge in [-0.05, 0) is 0 Å². The fourth-order valence-corrected chi connectivity index (χ4v) is 0. The van der Waals surface area contributed by atoms with Gasteiger partial charge in [-0.1, -0.05) is 0 Å². The SMILES string of the molecule is NN.OB(O)O. The molecule has 0 atom stereocenters. The molecule has 7 N–H and O–H groups in total. The Balaban J connectivity index is 0. The summed E-state index contributed by atoms with van der Waals surface area (Å²) in [5.41, 5.74) is 0. The summed E-state index contributed by atoms with van der Waals surface area (Å²) < 4.78 is 0. The van der Waals surface area contributed by atoms with Crippen LogP contribution in [0.4, 0.5) is 0 Å². The number of hydrogen-bond acceptors (Lipinski definition) is 5. The van der Waals surface area contributed by atoms with Crippen molar-refractivity contribution in [1.29, 1.82) is 0 Å². The van der Waals surface area contributed by atoms with Crippen molar-refractivity contribution in [2.45, 2.75) is 0 Å². The Labute approximate surface area is 35.3 Å². The Morgan fingerprint density at radius 2 is 1.00 bits per heavy atom. The number of hydrogen-bond donors (Lipinski definition) is 5. The highest BCUT2D eigenvalue weighted by Crippen LogP contribution is 1.40. The molecule has 0 aliphatic carbocycles. The van der Waals surface area contributed by atoms with Crippen LogP contribution in [0.25, 0.3) is 0 Å². The first kappa shape index (κ1) is 9.29. The summed E-state index contributed by atoms with van der Waals surface area (Å²) >= 11 is 0. The standard InChI is InChI=1S/BH3O3.H4N2/c2-1(3)4;1-2/h2-4H;1-2H2. The van der Waals surface area contributed by atoms with Crippen molar-refractivity contribution in [2.24, 2.45) is 11.7 Å². The fourth-order valence-electron chi connectivity index (χ4n) is 0. The fraction of sp³-hybridized carbons (Fsp3) is 0. The van der Waals surface area contributed by atoms with E-state index in [0.717, 1.165) is 0 Å². The summed E-state index contributed by atoms with van der Waals surface area (Å²) in [6, 6.07) is 0. The van der Waals surface area contributed by atoms with Crippen molar-refractivity contribution in [3.63, 3.8) is 0 Å². The van der Waals surface area contributed by atoms with Crippen LogP contribution in [0, 0.1) is 0 Å². The van der Waals surface area contributed by atoms with E-state index >= 15 is 0 Å². The van der Waals surface area contributed by atoms with E-state index in [1.54, 1.807) is 0 Å². The van der Waals surface area contributed by atoms with Crippen molar-refractivity contribution < 1.29 is 15.1 Å². The molecule has 0 saturated heterocycles. The molecule has 0 heterocycles. The van der Waals surface area contributed by atoms with E-state index in [9.17, 15) is 0 Å². The van der Waals surface area contributed by atoms with Crippen molar-refractivity contribution in [2.75, 3.05) is 0 Å². The lowest BCUT2D eigenvalue weighted by molar-refractivity contribution is 0.278. The first-order valence-electron chi connectivity index (χ1n) is 1.11. The molecule has 0 unspecified atom stereocenters. The minimum Gasteiger partial charge on any atom is -0.402 e. The van der Waals surface area contributed by atoms with Crippen LogP contribution in [0.2, 0.25) is 0 Å². The lowest BCUT2D eigenvalue weighted by atomic mass is 10.3. The molecule has 0 radical (unpaired) electrons. The van der Waals surface area contributed by atoms with Crippen LogP contribution in [0.5, 0.6) is 0 Å².